The van der Waals surface area contributed by atoms with E-state index in [4.69, 9.17) is 4.74 Å². The molecule has 1 aromatic rings. The molecule has 0 amide bonds. The van der Waals surface area contributed by atoms with Crippen LogP contribution in [0.15, 0.2) is 15.9 Å². The second-order valence-electron chi connectivity index (χ2n) is 3.67. The van der Waals surface area contributed by atoms with E-state index in [-0.39, 0.29) is 12.2 Å². The van der Waals surface area contributed by atoms with Crippen molar-refractivity contribution in [2.24, 2.45) is 0 Å². The Morgan fingerprint density at radius 2 is 2.29 bits per heavy atom. The largest absolute Gasteiger partial charge is 0.367 e. The van der Waals surface area contributed by atoms with Gasteiger partial charge in [-0.05, 0) is 41.9 Å². The van der Waals surface area contributed by atoms with Gasteiger partial charge >= 0.3 is 0 Å². The molecule has 0 spiro atoms. The number of ether oxygens (including phenoxy) is 1. The van der Waals surface area contributed by atoms with Crippen molar-refractivity contribution < 1.29 is 4.74 Å². The fraction of sp³-hybridized carbons (Fsp3) is 0.600. The monoisotopic (exact) mass is 275 g/mol. The fourth-order valence-electron chi connectivity index (χ4n) is 1.55. The molecular weight excluding hydrogens is 262 g/mol. The van der Waals surface area contributed by atoms with Gasteiger partial charge in [-0.25, -0.2) is 0 Å². The van der Waals surface area contributed by atoms with E-state index in [1.807, 2.05) is 0 Å². The highest BCUT2D eigenvalue weighted by molar-refractivity contribution is 9.11. The second-order valence-corrected chi connectivity index (χ2v) is 6.16. The van der Waals surface area contributed by atoms with Crippen LogP contribution in [0.25, 0.3) is 0 Å². The molecule has 1 aromatic heterocycles. The van der Waals surface area contributed by atoms with Crippen molar-refractivity contribution >= 4 is 27.3 Å². The summed E-state index contributed by atoms with van der Waals surface area (Å²) in [6.07, 6.45) is 0.507. The molecule has 4 heteroatoms. The number of thiophene rings is 1. The predicted molar refractivity (Wildman–Crippen MR) is 62.8 cm³/mol. The first-order chi connectivity index (χ1) is 6.66. The lowest BCUT2D eigenvalue weighted by Crippen LogP contribution is -2.46. The van der Waals surface area contributed by atoms with Gasteiger partial charge in [-0.15, -0.1) is 11.3 Å². The summed E-state index contributed by atoms with van der Waals surface area (Å²) in [5.74, 6) is 0. The van der Waals surface area contributed by atoms with Crippen LogP contribution in [0.2, 0.25) is 0 Å². The first-order valence-electron chi connectivity index (χ1n) is 4.81. The second kappa shape index (κ2) is 4.31. The number of morpholine rings is 1. The SMILES string of the molecule is CC1NCC(c2ccc(Br)s2)OC1C. The van der Waals surface area contributed by atoms with Crippen LogP contribution in [-0.4, -0.2) is 18.7 Å². The highest BCUT2D eigenvalue weighted by Gasteiger charge is 2.26. The summed E-state index contributed by atoms with van der Waals surface area (Å²) < 4.78 is 7.09. The molecule has 78 valence electrons. The van der Waals surface area contributed by atoms with E-state index in [1.54, 1.807) is 11.3 Å². The molecule has 1 N–H and O–H groups in total. The maximum absolute atomic E-state index is 5.93. The molecule has 1 saturated heterocycles. The zero-order chi connectivity index (χ0) is 10.1. The van der Waals surface area contributed by atoms with E-state index in [2.05, 4.69) is 47.2 Å². The lowest BCUT2D eigenvalue weighted by molar-refractivity contribution is -0.0492. The van der Waals surface area contributed by atoms with E-state index in [0.29, 0.717) is 6.04 Å². The van der Waals surface area contributed by atoms with Crippen LogP contribution in [0.1, 0.15) is 24.8 Å². The topological polar surface area (TPSA) is 21.3 Å². The molecule has 14 heavy (non-hydrogen) atoms. The predicted octanol–water partition coefficient (Wildman–Crippen LogP) is 2.95. The van der Waals surface area contributed by atoms with Gasteiger partial charge in [-0.3, -0.25) is 0 Å². The maximum Gasteiger partial charge on any atom is 0.104 e. The molecule has 0 saturated carbocycles. The summed E-state index contributed by atoms with van der Waals surface area (Å²) in [5, 5.41) is 3.46. The van der Waals surface area contributed by atoms with E-state index < -0.39 is 0 Å². The van der Waals surface area contributed by atoms with Crippen LogP contribution in [0.3, 0.4) is 0 Å². The van der Waals surface area contributed by atoms with Crippen LogP contribution in [0, 0.1) is 0 Å². The van der Waals surface area contributed by atoms with Crippen LogP contribution < -0.4 is 5.32 Å². The van der Waals surface area contributed by atoms with Gasteiger partial charge in [-0.2, -0.15) is 0 Å². The number of rotatable bonds is 1. The maximum atomic E-state index is 5.93. The minimum atomic E-state index is 0.220. The Bertz CT molecular complexity index is 315. The van der Waals surface area contributed by atoms with Crippen molar-refractivity contribution in [1.82, 2.24) is 5.32 Å². The van der Waals surface area contributed by atoms with Crippen molar-refractivity contribution in [3.63, 3.8) is 0 Å². The van der Waals surface area contributed by atoms with Crippen LogP contribution in [0.4, 0.5) is 0 Å². The minimum absolute atomic E-state index is 0.220. The van der Waals surface area contributed by atoms with Gasteiger partial charge in [0.05, 0.1) is 9.89 Å². The summed E-state index contributed by atoms with van der Waals surface area (Å²) in [5.41, 5.74) is 0. The molecule has 0 bridgehead atoms. The Kier molecular flexibility index (Phi) is 3.27. The summed E-state index contributed by atoms with van der Waals surface area (Å²) >= 11 is 5.22. The van der Waals surface area contributed by atoms with Crippen LogP contribution in [-0.2, 0) is 4.74 Å². The van der Waals surface area contributed by atoms with Gasteiger partial charge < -0.3 is 10.1 Å². The van der Waals surface area contributed by atoms with Gasteiger partial charge in [0.1, 0.15) is 6.10 Å². The quantitative estimate of drug-likeness (QED) is 0.851. The highest BCUT2D eigenvalue weighted by Crippen LogP contribution is 2.31. The first kappa shape index (κ1) is 10.6. The zero-order valence-corrected chi connectivity index (χ0v) is 10.7. The van der Waals surface area contributed by atoms with Crippen molar-refractivity contribution in [2.75, 3.05) is 6.54 Å². The Hall–Kier alpha value is 0.1000. The van der Waals surface area contributed by atoms with Gasteiger partial charge in [0.15, 0.2) is 0 Å². The Morgan fingerprint density at radius 3 is 2.86 bits per heavy atom. The van der Waals surface area contributed by atoms with Gasteiger partial charge in [0.2, 0.25) is 0 Å². The third kappa shape index (κ3) is 2.19. The molecule has 3 atom stereocenters. The number of nitrogens with one attached hydrogen (secondary N) is 1. The molecule has 0 aromatic carbocycles. The van der Waals surface area contributed by atoms with E-state index in [0.717, 1.165) is 6.54 Å². The molecule has 2 rings (SSSR count). The summed E-state index contributed by atoms with van der Waals surface area (Å²) in [6, 6.07) is 4.66. The lowest BCUT2D eigenvalue weighted by atomic mass is 10.1. The standard InChI is InChI=1S/C10H14BrNOS/c1-6-7(2)13-8(5-12-6)9-3-4-10(11)14-9/h3-4,6-8,12H,5H2,1-2H3. The molecule has 2 nitrogen and oxygen atoms in total. The van der Waals surface area contributed by atoms with Crippen molar-refractivity contribution in [2.45, 2.75) is 32.1 Å². The molecule has 0 aliphatic carbocycles. The van der Waals surface area contributed by atoms with Crippen LogP contribution >= 0.6 is 27.3 Å². The molecular formula is C10H14BrNOS. The van der Waals surface area contributed by atoms with Gasteiger partial charge in [0, 0.05) is 17.5 Å². The van der Waals surface area contributed by atoms with Crippen molar-refractivity contribution in [3.05, 3.63) is 20.8 Å². The first-order valence-corrected chi connectivity index (χ1v) is 6.42. The molecule has 0 radical (unpaired) electrons. The molecule has 2 heterocycles. The van der Waals surface area contributed by atoms with E-state index in [1.165, 1.54) is 8.66 Å². The molecule has 3 unspecified atom stereocenters. The smallest absolute Gasteiger partial charge is 0.104 e. The normalized spacial score (nSPS) is 33.2. The third-order valence-corrected chi connectivity index (χ3v) is 4.34. The zero-order valence-electron chi connectivity index (χ0n) is 8.29. The summed E-state index contributed by atoms with van der Waals surface area (Å²) in [7, 11) is 0. The van der Waals surface area contributed by atoms with E-state index in [9.17, 15) is 0 Å². The average Bonchev–Trinajstić information content (AvgIpc) is 2.57. The average molecular weight is 276 g/mol. The number of hydrogen-bond donors (Lipinski definition) is 1. The fourth-order valence-corrected chi connectivity index (χ4v) is 3.01. The third-order valence-electron chi connectivity index (χ3n) is 2.62. The Labute approximate surface area is 96.8 Å². The Balaban J connectivity index is 2.06. The lowest BCUT2D eigenvalue weighted by Gasteiger charge is -2.33. The molecule has 1 fully saturated rings. The summed E-state index contributed by atoms with van der Waals surface area (Å²) in [4.78, 5) is 1.29. The van der Waals surface area contributed by atoms with Gasteiger partial charge in [-0.1, -0.05) is 0 Å². The number of hydrogen-bond acceptors (Lipinski definition) is 3. The van der Waals surface area contributed by atoms with Crippen molar-refractivity contribution in [1.29, 1.82) is 0 Å². The Morgan fingerprint density at radius 1 is 1.50 bits per heavy atom. The molecule has 1 aliphatic rings. The van der Waals surface area contributed by atoms with E-state index >= 15 is 0 Å². The minimum Gasteiger partial charge on any atom is -0.367 e. The number of halogens is 1. The van der Waals surface area contributed by atoms with Crippen LogP contribution in [0.5, 0.6) is 0 Å². The molecule has 1 aliphatic heterocycles. The van der Waals surface area contributed by atoms with Crippen molar-refractivity contribution in [3.8, 4) is 0 Å². The highest BCUT2D eigenvalue weighted by atomic mass is 79.9. The summed E-state index contributed by atoms with van der Waals surface area (Å²) in [6.45, 7) is 5.19. The van der Waals surface area contributed by atoms with Gasteiger partial charge in [0.25, 0.3) is 0 Å².